The molecule has 1 amide bonds. The van der Waals surface area contributed by atoms with E-state index >= 15 is 0 Å². The molecule has 2 heterocycles. The lowest BCUT2D eigenvalue weighted by Gasteiger charge is -2.29. The molecular formula is C16H26N2O2S2. The summed E-state index contributed by atoms with van der Waals surface area (Å²) in [5.74, 6) is 0. The second kappa shape index (κ2) is 7.23. The molecule has 0 saturated carbocycles. The van der Waals surface area contributed by atoms with E-state index in [2.05, 4.69) is 29.0 Å². The van der Waals surface area contributed by atoms with Crippen LogP contribution in [0.3, 0.4) is 0 Å². The predicted octanol–water partition coefficient (Wildman–Crippen LogP) is 4.18. The van der Waals surface area contributed by atoms with Crippen LogP contribution in [0.1, 0.15) is 52.6 Å². The number of hydrogen-bond donors (Lipinski definition) is 2. The summed E-state index contributed by atoms with van der Waals surface area (Å²) in [7, 11) is 0. The van der Waals surface area contributed by atoms with Gasteiger partial charge in [0, 0.05) is 23.9 Å². The second-order valence-corrected chi connectivity index (χ2v) is 9.46. The van der Waals surface area contributed by atoms with Crippen molar-refractivity contribution < 1.29 is 9.53 Å². The van der Waals surface area contributed by atoms with E-state index in [1.807, 2.05) is 50.8 Å². The molecule has 0 spiro atoms. The van der Waals surface area contributed by atoms with Gasteiger partial charge in [0.05, 0.1) is 4.21 Å². The van der Waals surface area contributed by atoms with E-state index in [1.54, 1.807) is 0 Å². The standard InChI is InChI=1S/C16H26N2O2S2/c1-10(18-15(19)20-16(3,4)5)9-17-13-8-11(2)22-14-12(13)6-7-21-14/h6-7,10-11,13,17H,8-9H2,1-5H3,(H,18,19)/t10?,11-,13?/m0/s1. The molecule has 0 bridgehead atoms. The van der Waals surface area contributed by atoms with Crippen molar-refractivity contribution in [2.75, 3.05) is 6.54 Å². The van der Waals surface area contributed by atoms with Crippen molar-refractivity contribution in [3.05, 3.63) is 17.0 Å². The van der Waals surface area contributed by atoms with Gasteiger partial charge in [0.1, 0.15) is 5.60 Å². The molecule has 6 heteroatoms. The molecule has 1 aliphatic rings. The molecule has 124 valence electrons. The van der Waals surface area contributed by atoms with Crippen molar-refractivity contribution in [2.24, 2.45) is 0 Å². The smallest absolute Gasteiger partial charge is 0.407 e. The first-order valence-corrected chi connectivity index (χ1v) is 9.47. The van der Waals surface area contributed by atoms with E-state index in [0.29, 0.717) is 11.3 Å². The highest BCUT2D eigenvalue weighted by Crippen LogP contribution is 2.43. The van der Waals surface area contributed by atoms with Gasteiger partial charge >= 0.3 is 6.09 Å². The van der Waals surface area contributed by atoms with Gasteiger partial charge in [0.25, 0.3) is 0 Å². The molecule has 2 unspecified atom stereocenters. The Morgan fingerprint density at radius 2 is 2.23 bits per heavy atom. The van der Waals surface area contributed by atoms with Crippen molar-refractivity contribution in [1.29, 1.82) is 0 Å². The summed E-state index contributed by atoms with van der Waals surface area (Å²) in [5, 5.41) is 9.25. The maximum atomic E-state index is 11.8. The van der Waals surface area contributed by atoms with Gasteiger partial charge in [-0.2, -0.15) is 0 Å². The largest absolute Gasteiger partial charge is 0.444 e. The topological polar surface area (TPSA) is 50.4 Å². The van der Waals surface area contributed by atoms with Gasteiger partial charge in [-0.05, 0) is 51.1 Å². The van der Waals surface area contributed by atoms with Crippen LogP contribution in [-0.2, 0) is 4.74 Å². The minimum absolute atomic E-state index is 0.0295. The van der Waals surface area contributed by atoms with Crippen LogP contribution in [-0.4, -0.2) is 29.5 Å². The fourth-order valence-electron chi connectivity index (χ4n) is 2.42. The molecule has 4 nitrogen and oxygen atoms in total. The number of thioether (sulfide) groups is 1. The van der Waals surface area contributed by atoms with E-state index in [1.165, 1.54) is 9.77 Å². The number of nitrogens with one attached hydrogen (secondary N) is 2. The molecule has 1 aromatic heterocycles. The molecule has 0 aliphatic carbocycles. The van der Waals surface area contributed by atoms with Crippen molar-refractivity contribution >= 4 is 29.2 Å². The number of alkyl carbamates (subject to hydrolysis) is 1. The average Bonchev–Trinajstić information content (AvgIpc) is 2.81. The number of rotatable bonds is 4. The zero-order chi connectivity index (χ0) is 16.3. The van der Waals surface area contributed by atoms with Crippen LogP contribution in [0.4, 0.5) is 4.79 Å². The number of fused-ring (bicyclic) bond motifs is 1. The second-order valence-electron chi connectivity index (χ2n) is 6.84. The third-order valence-corrected chi connectivity index (χ3v) is 5.69. The van der Waals surface area contributed by atoms with Crippen LogP contribution < -0.4 is 10.6 Å². The van der Waals surface area contributed by atoms with Gasteiger partial charge in [-0.3, -0.25) is 0 Å². The first-order valence-electron chi connectivity index (χ1n) is 7.71. The van der Waals surface area contributed by atoms with Crippen molar-refractivity contribution in [1.82, 2.24) is 10.6 Å². The average molecular weight is 343 g/mol. The molecule has 0 saturated heterocycles. The van der Waals surface area contributed by atoms with E-state index in [4.69, 9.17) is 4.74 Å². The predicted molar refractivity (Wildman–Crippen MR) is 93.8 cm³/mol. The molecule has 0 fully saturated rings. The first kappa shape index (κ1) is 17.6. The van der Waals surface area contributed by atoms with Crippen LogP contribution in [0.15, 0.2) is 15.7 Å². The van der Waals surface area contributed by atoms with Gasteiger partial charge in [-0.15, -0.1) is 23.1 Å². The first-order chi connectivity index (χ1) is 10.2. The van der Waals surface area contributed by atoms with Crippen LogP contribution in [0.25, 0.3) is 0 Å². The number of ether oxygens (including phenoxy) is 1. The summed E-state index contributed by atoms with van der Waals surface area (Å²) in [6.45, 7) is 10.6. The van der Waals surface area contributed by atoms with Crippen molar-refractivity contribution in [3.8, 4) is 0 Å². The quantitative estimate of drug-likeness (QED) is 0.862. The van der Waals surface area contributed by atoms with Crippen LogP contribution in [0.5, 0.6) is 0 Å². The van der Waals surface area contributed by atoms with E-state index in [0.717, 1.165) is 13.0 Å². The normalized spacial score (nSPS) is 22.8. The number of thiophene rings is 1. The molecule has 0 radical (unpaired) electrons. The monoisotopic (exact) mass is 342 g/mol. The third-order valence-electron chi connectivity index (χ3n) is 3.34. The molecule has 22 heavy (non-hydrogen) atoms. The van der Waals surface area contributed by atoms with Crippen LogP contribution in [0.2, 0.25) is 0 Å². The Morgan fingerprint density at radius 1 is 1.50 bits per heavy atom. The van der Waals surface area contributed by atoms with Gasteiger partial charge in [-0.1, -0.05) is 6.92 Å². The SMILES string of the molecule is CC(CNC1C[C@H](C)Sc2sccc21)NC(=O)OC(C)(C)C. The Balaban J connectivity index is 1.82. The van der Waals surface area contributed by atoms with Crippen LogP contribution in [0, 0.1) is 0 Å². The number of carbonyl (C=O) groups excluding carboxylic acids is 1. The molecule has 3 atom stereocenters. The molecule has 1 aromatic rings. The van der Waals surface area contributed by atoms with Gasteiger partial charge < -0.3 is 15.4 Å². The minimum Gasteiger partial charge on any atom is -0.444 e. The summed E-state index contributed by atoms with van der Waals surface area (Å²) in [5.41, 5.74) is 0.941. The Morgan fingerprint density at radius 3 is 2.91 bits per heavy atom. The zero-order valence-corrected chi connectivity index (χ0v) is 15.6. The Bertz CT molecular complexity index is 510. The Kier molecular flexibility index (Phi) is 5.80. The summed E-state index contributed by atoms with van der Waals surface area (Å²) >= 11 is 3.78. The summed E-state index contributed by atoms with van der Waals surface area (Å²) in [6.07, 6.45) is 0.763. The lowest BCUT2D eigenvalue weighted by molar-refractivity contribution is 0.0507. The lowest BCUT2D eigenvalue weighted by Crippen LogP contribution is -2.43. The Hall–Kier alpha value is -0.720. The lowest BCUT2D eigenvalue weighted by atomic mass is 10.0. The molecule has 2 N–H and O–H groups in total. The summed E-state index contributed by atoms with van der Waals surface area (Å²) in [6, 6.07) is 2.62. The highest BCUT2D eigenvalue weighted by molar-refractivity contribution is 8.01. The van der Waals surface area contributed by atoms with Gasteiger partial charge in [-0.25, -0.2) is 4.79 Å². The fraction of sp³-hybridized carbons (Fsp3) is 0.688. The van der Waals surface area contributed by atoms with Crippen molar-refractivity contribution in [2.45, 2.75) is 68.2 Å². The van der Waals surface area contributed by atoms with E-state index in [9.17, 15) is 4.79 Å². The molecule has 1 aliphatic heterocycles. The number of carbonyl (C=O) groups is 1. The summed E-state index contributed by atoms with van der Waals surface area (Å²) in [4.78, 5) is 11.8. The number of amides is 1. The van der Waals surface area contributed by atoms with E-state index < -0.39 is 5.60 Å². The maximum absolute atomic E-state index is 11.8. The minimum atomic E-state index is -0.459. The van der Waals surface area contributed by atoms with Crippen LogP contribution >= 0.6 is 23.1 Å². The molecule has 0 aromatic carbocycles. The van der Waals surface area contributed by atoms with Gasteiger partial charge in [0.15, 0.2) is 0 Å². The summed E-state index contributed by atoms with van der Waals surface area (Å²) < 4.78 is 6.70. The maximum Gasteiger partial charge on any atom is 0.407 e. The number of hydrogen-bond acceptors (Lipinski definition) is 5. The Labute approximate surface area is 141 Å². The third kappa shape index (κ3) is 5.18. The molecular weight excluding hydrogens is 316 g/mol. The molecule has 2 rings (SSSR count). The van der Waals surface area contributed by atoms with Crippen molar-refractivity contribution in [3.63, 3.8) is 0 Å². The highest BCUT2D eigenvalue weighted by atomic mass is 32.2. The highest BCUT2D eigenvalue weighted by Gasteiger charge is 2.26. The zero-order valence-electron chi connectivity index (χ0n) is 13.9. The van der Waals surface area contributed by atoms with E-state index in [-0.39, 0.29) is 12.1 Å². The fourth-order valence-corrected chi connectivity index (χ4v) is 4.99. The van der Waals surface area contributed by atoms with Gasteiger partial charge in [0.2, 0.25) is 0 Å².